The maximum Gasteiger partial charge on any atom is 0.244 e. The summed E-state index contributed by atoms with van der Waals surface area (Å²) < 4.78 is 5.42. The Labute approximate surface area is 135 Å². The second-order valence-corrected chi connectivity index (χ2v) is 5.65. The van der Waals surface area contributed by atoms with Crippen LogP contribution in [-0.2, 0) is 16.9 Å². The van der Waals surface area contributed by atoms with Gasteiger partial charge in [0.25, 0.3) is 0 Å². The van der Waals surface area contributed by atoms with Gasteiger partial charge in [-0.3, -0.25) is 19.7 Å². The Balaban J connectivity index is 1.99. The molecule has 23 heavy (non-hydrogen) atoms. The van der Waals surface area contributed by atoms with Gasteiger partial charge < -0.3 is 10.5 Å². The van der Waals surface area contributed by atoms with Crippen molar-refractivity contribution in [2.24, 2.45) is 5.73 Å². The number of carbonyl (C=O) groups is 1. The third kappa shape index (κ3) is 2.66. The normalized spacial score (nSPS) is 21.3. The fraction of sp³-hybridized carbons (Fsp3) is 0.353. The molecule has 1 fully saturated rings. The molecule has 0 radical (unpaired) electrons. The van der Waals surface area contributed by atoms with Crippen molar-refractivity contribution in [3.8, 4) is 5.75 Å². The zero-order valence-corrected chi connectivity index (χ0v) is 13.1. The van der Waals surface area contributed by atoms with E-state index in [9.17, 15) is 4.79 Å². The lowest BCUT2D eigenvalue weighted by molar-refractivity contribution is -0.129. The molecule has 0 saturated carbocycles. The van der Waals surface area contributed by atoms with E-state index >= 15 is 0 Å². The molecule has 1 aliphatic heterocycles. The van der Waals surface area contributed by atoms with Crippen LogP contribution >= 0.6 is 0 Å². The van der Waals surface area contributed by atoms with E-state index in [1.54, 1.807) is 25.7 Å². The first kappa shape index (κ1) is 15.4. The van der Waals surface area contributed by atoms with Crippen LogP contribution in [0.1, 0.15) is 24.1 Å². The number of hydrogen-bond acceptors (Lipinski definition) is 5. The molecule has 120 valence electrons. The number of carbonyl (C=O) groups excluding carboxylic acids is 1. The van der Waals surface area contributed by atoms with Crippen molar-refractivity contribution < 1.29 is 9.53 Å². The van der Waals surface area contributed by atoms with Gasteiger partial charge in [0, 0.05) is 24.5 Å². The molecule has 1 aromatic heterocycles. The van der Waals surface area contributed by atoms with Crippen molar-refractivity contribution in [2.75, 3.05) is 13.7 Å². The van der Waals surface area contributed by atoms with Crippen molar-refractivity contribution in [1.29, 1.82) is 0 Å². The lowest BCUT2D eigenvalue weighted by Crippen LogP contribution is -2.51. The Kier molecular flexibility index (Phi) is 4.25. The fourth-order valence-electron chi connectivity index (χ4n) is 3.34. The molecule has 3 rings (SSSR count). The van der Waals surface area contributed by atoms with Crippen LogP contribution in [0.15, 0.2) is 42.9 Å². The molecular formula is C17H20N4O2. The molecule has 6 heteroatoms. The SMILES string of the molecule is COc1ccccc1CN1CCC[C@@]1(C(N)=O)c1cnccn1. The summed E-state index contributed by atoms with van der Waals surface area (Å²) in [5, 5.41) is 0. The van der Waals surface area contributed by atoms with Gasteiger partial charge >= 0.3 is 0 Å². The van der Waals surface area contributed by atoms with Gasteiger partial charge in [0.1, 0.15) is 11.3 Å². The first-order valence-electron chi connectivity index (χ1n) is 7.62. The maximum atomic E-state index is 12.4. The summed E-state index contributed by atoms with van der Waals surface area (Å²) in [6.45, 7) is 1.35. The van der Waals surface area contributed by atoms with Gasteiger partial charge in [-0.1, -0.05) is 18.2 Å². The average molecular weight is 312 g/mol. The number of amides is 1. The zero-order chi connectivity index (χ0) is 16.3. The Hall–Kier alpha value is -2.47. The monoisotopic (exact) mass is 312 g/mol. The van der Waals surface area contributed by atoms with E-state index in [4.69, 9.17) is 10.5 Å². The van der Waals surface area contributed by atoms with Crippen LogP contribution < -0.4 is 10.5 Å². The van der Waals surface area contributed by atoms with Gasteiger partial charge in [0.15, 0.2) is 0 Å². The van der Waals surface area contributed by atoms with E-state index in [-0.39, 0.29) is 5.91 Å². The van der Waals surface area contributed by atoms with Crippen molar-refractivity contribution in [1.82, 2.24) is 14.9 Å². The average Bonchev–Trinajstić information content (AvgIpc) is 3.01. The molecule has 2 N–H and O–H groups in total. The van der Waals surface area contributed by atoms with Crippen molar-refractivity contribution >= 4 is 5.91 Å². The third-order valence-electron chi connectivity index (χ3n) is 4.45. The largest absolute Gasteiger partial charge is 0.496 e. The Morgan fingerprint density at radius 3 is 2.91 bits per heavy atom. The van der Waals surface area contributed by atoms with E-state index in [0.29, 0.717) is 18.7 Å². The van der Waals surface area contributed by atoms with Gasteiger partial charge in [-0.2, -0.15) is 0 Å². The number of nitrogens with two attached hydrogens (primary N) is 1. The highest BCUT2D eigenvalue weighted by molar-refractivity contribution is 5.86. The minimum Gasteiger partial charge on any atom is -0.496 e. The molecule has 1 amide bonds. The number of nitrogens with zero attached hydrogens (tertiary/aromatic N) is 3. The number of benzene rings is 1. The molecule has 1 aromatic carbocycles. The van der Waals surface area contributed by atoms with Crippen LogP contribution in [0.5, 0.6) is 5.75 Å². The highest BCUT2D eigenvalue weighted by atomic mass is 16.5. The summed E-state index contributed by atoms with van der Waals surface area (Å²) in [5.41, 5.74) is 6.52. The molecular weight excluding hydrogens is 292 g/mol. The fourth-order valence-corrected chi connectivity index (χ4v) is 3.34. The molecule has 0 spiro atoms. The van der Waals surface area contributed by atoms with Crippen molar-refractivity contribution in [3.63, 3.8) is 0 Å². The van der Waals surface area contributed by atoms with Crippen LogP contribution in [0.4, 0.5) is 0 Å². The predicted molar refractivity (Wildman–Crippen MR) is 85.5 cm³/mol. The van der Waals surface area contributed by atoms with Crippen LogP contribution in [0.2, 0.25) is 0 Å². The van der Waals surface area contributed by atoms with Gasteiger partial charge in [-0.25, -0.2) is 0 Å². The summed E-state index contributed by atoms with van der Waals surface area (Å²) in [4.78, 5) is 22.9. The highest BCUT2D eigenvalue weighted by Crippen LogP contribution is 2.39. The predicted octanol–water partition coefficient (Wildman–Crippen LogP) is 1.46. The Morgan fingerprint density at radius 1 is 1.39 bits per heavy atom. The molecule has 0 aliphatic carbocycles. The zero-order valence-electron chi connectivity index (χ0n) is 13.1. The summed E-state index contributed by atoms with van der Waals surface area (Å²) in [6, 6.07) is 7.80. The molecule has 0 unspecified atom stereocenters. The summed E-state index contributed by atoms with van der Waals surface area (Å²) in [6.07, 6.45) is 6.35. The lowest BCUT2D eigenvalue weighted by atomic mass is 9.90. The van der Waals surface area contributed by atoms with E-state index in [2.05, 4.69) is 14.9 Å². The van der Waals surface area contributed by atoms with E-state index in [1.807, 2.05) is 24.3 Å². The number of ether oxygens (including phenoxy) is 1. The highest BCUT2D eigenvalue weighted by Gasteiger charge is 2.49. The molecule has 2 heterocycles. The minimum absolute atomic E-state index is 0.384. The number of hydrogen-bond donors (Lipinski definition) is 1. The van der Waals surface area contributed by atoms with Gasteiger partial charge in [-0.15, -0.1) is 0 Å². The lowest BCUT2D eigenvalue weighted by Gasteiger charge is -2.35. The van der Waals surface area contributed by atoms with E-state index in [1.165, 1.54) is 0 Å². The molecule has 2 aromatic rings. The van der Waals surface area contributed by atoms with Crippen molar-refractivity contribution in [2.45, 2.75) is 24.9 Å². The number of likely N-dealkylation sites (tertiary alicyclic amines) is 1. The number of methoxy groups -OCH3 is 1. The number of aromatic nitrogens is 2. The van der Waals surface area contributed by atoms with Gasteiger partial charge in [-0.05, 0) is 25.5 Å². The first-order chi connectivity index (χ1) is 11.2. The quantitative estimate of drug-likeness (QED) is 0.904. The molecule has 6 nitrogen and oxygen atoms in total. The summed E-state index contributed by atoms with van der Waals surface area (Å²) in [5.74, 6) is 0.419. The van der Waals surface area contributed by atoms with Crippen molar-refractivity contribution in [3.05, 3.63) is 54.1 Å². The smallest absolute Gasteiger partial charge is 0.244 e. The second-order valence-electron chi connectivity index (χ2n) is 5.65. The van der Waals surface area contributed by atoms with Gasteiger partial charge in [0.05, 0.1) is 19.0 Å². The van der Waals surface area contributed by atoms with Crippen LogP contribution in [0, 0.1) is 0 Å². The number of rotatable bonds is 5. The molecule has 0 bridgehead atoms. The van der Waals surface area contributed by atoms with Crippen LogP contribution in [-0.4, -0.2) is 34.4 Å². The molecule has 1 saturated heterocycles. The Bertz CT molecular complexity index is 692. The Morgan fingerprint density at radius 2 is 2.22 bits per heavy atom. The third-order valence-corrected chi connectivity index (χ3v) is 4.45. The van der Waals surface area contributed by atoms with Crippen LogP contribution in [0.3, 0.4) is 0 Å². The maximum absolute atomic E-state index is 12.4. The number of primary amides is 1. The minimum atomic E-state index is -0.908. The second kappa shape index (κ2) is 6.34. The van der Waals surface area contributed by atoms with Gasteiger partial charge in [0.2, 0.25) is 5.91 Å². The number of para-hydroxylation sites is 1. The molecule has 1 aliphatic rings. The summed E-state index contributed by atoms with van der Waals surface area (Å²) in [7, 11) is 1.65. The topological polar surface area (TPSA) is 81.3 Å². The molecule has 1 atom stereocenters. The summed E-state index contributed by atoms with van der Waals surface area (Å²) >= 11 is 0. The van der Waals surface area contributed by atoms with Crippen LogP contribution in [0.25, 0.3) is 0 Å². The standard InChI is InChI=1S/C17H20N4O2/c1-23-14-6-3-2-5-13(14)12-21-10-4-7-17(21,16(18)22)15-11-19-8-9-20-15/h2-3,5-6,8-9,11H,4,7,10,12H2,1H3,(H2,18,22)/t17-/m0/s1. The van der Waals surface area contributed by atoms with E-state index < -0.39 is 5.54 Å². The van der Waals surface area contributed by atoms with E-state index in [0.717, 1.165) is 24.3 Å². The first-order valence-corrected chi connectivity index (χ1v) is 7.62.